The lowest BCUT2D eigenvalue weighted by molar-refractivity contribution is -0.144. The summed E-state index contributed by atoms with van der Waals surface area (Å²) >= 11 is 0. The fraction of sp³-hybridized carbons (Fsp3) is 0.733. The number of ether oxygens (including phenoxy) is 1. The number of carbonyl (C=O) groups is 1. The van der Waals surface area contributed by atoms with Crippen molar-refractivity contribution in [3.63, 3.8) is 0 Å². The van der Waals surface area contributed by atoms with Gasteiger partial charge in [-0.05, 0) is 40.2 Å². The maximum Gasteiger partial charge on any atom is 0.327 e. The van der Waals surface area contributed by atoms with E-state index in [2.05, 4.69) is 10.00 Å². The Morgan fingerprint density at radius 2 is 2.18 bits per heavy atom. The van der Waals surface area contributed by atoms with Gasteiger partial charge in [0.25, 0.3) is 0 Å². The Morgan fingerprint density at radius 3 is 2.82 bits per heavy atom. The molecule has 22 heavy (non-hydrogen) atoms. The van der Waals surface area contributed by atoms with Crippen LogP contribution in [0.2, 0.25) is 0 Å². The Balaban J connectivity index is 0.00000242. The second kappa shape index (κ2) is 8.50. The van der Waals surface area contributed by atoms with Crippen LogP contribution in [0.4, 0.5) is 0 Å². The van der Waals surface area contributed by atoms with Crippen molar-refractivity contribution in [1.29, 1.82) is 0 Å². The largest absolute Gasteiger partial charge is 0.465 e. The van der Waals surface area contributed by atoms with Gasteiger partial charge in [-0.1, -0.05) is 0 Å². The normalized spacial score (nSPS) is 18.8. The number of nitrogens with zero attached hydrogens (tertiary/aromatic N) is 3. The molecule has 1 saturated heterocycles. The maximum atomic E-state index is 11.6. The molecular formula is C15H27ClN4O2. The topological polar surface area (TPSA) is 73.4 Å². The third-order valence-electron chi connectivity index (χ3n) is 4.04. The molecule has 2 rings (SSSR count). The smallest absolute Gasteiger partial charge is 0.327 e. The maximum absolute atomic E-state index is 11.6. The summed E-state index contributed by atoms with van der Waals surface area (Å²) in [4.78, 5) is 14.0. The summed E-state index contributed by atoms with van der Waals surface area (Å²) in [6.45, 7) is 9.26. The summed E-state index contributed by atoms with van der Waals surface area (Å²) in [5.74, 6) is -0.241. The van der Waals surface area contributed by atoms with Crippen molar-refractivity contribution in [3.8, 4) is 0 Å². The fourth-order valence-corrected chi connectivity index (χ4v) is 2.90. The van der Waals surface area contributed by atoms with Crippen LogP contribution in [0.3, 0.4) is 0 Å². The number of likely N-dealkylation sites (tertiary alicyclic amines) is 1. The summed E-state index contributed by atoms with van der Waals surface area (Å²) in [6.07, 6.45) is 2.26. The lowest BCUT2D eigenvalue weighted by atomic mass is 10.1. The predicted octanol–water partition coefficient (Wildman–Crippen LogP) is 1.41. The molecule has 0 amide bonds. The van der Waals surface area contributed by atoms with Gasteiger partial charge in [-0.15, -0.1) is 12.4 Å². The zero-order valence-corrected chi connectivity index (χ0v) is 14.5. The predicted molar refractivity (Wildman–Crippen MR) is 88.1 cm³/mol. The number of hydrogen-bond donors (Lipinski definition) is 1. The molecule has 7 heteroatoms. The molecule has 1 aliphatic heterocycles. The molecule has 1 aromatic rings. The van der Waals surface area contributed by atoms with Crippen molar-refractivity contribution < 1.29 is 9.53 Å². The second-order valence-electron chi connectivity index (χ2n) is 5.75. The van der Waals surface area contributed by atoms with Crippen LogP contribution in [0.25, 0.3) is 0 Å². The molecule has 2 heterocycles. The fourth-order valence-electron chi connectivity index (χ4n) is 2.90. The summed E-state index contributed by atoms with van der Waals surface area (Å²) in [5.41, 5.74) is 9.26. The number of aromatic nitrogens is 2. The molecule has 126 valence electrons. The van der Waals surface area contributed by atoms with E-state index in [1.807, 2.05) is 20.8 Å². The van der Waals surface area contributed by atoms with E-state index in [4.69, 9.17) is 10.5 Å². The highest BCUT2D eigenvalue weighted by Gasteiger charge is 2.20. The lowest BCUT2D eigenvalue weighted by Gasteiger charge is -2.30. The van der Waals surface area contributed by atoms with Crippen LogP contribution in [0.5, 0.6) is 0 Å². The van der Waals surface area contributed by atoms with Crippen LogP contribution in [-0.4, -0.2) is 46.4 Å². The minimum atomic E-state index is -0.241. The van der Waals surface area contributed by atoms with Gasteiger partial charge in [0.05, 0.1) is 12.3 Å². The minimum Gasteiger partial charge on any atom is -0.465 e. The van der Waals surface area contributed by atoms with Crippen molar-refractivity contribution in [1.82, 2.24) is 14.7 Å². The molecule has 1 fully saturated rings. The minimum absolute atomic E-state index is 0. The average molecular weight is 331 g/mol. The zero-order chi connectivity index (χ0) is 15.4. The Bertz CT molecular complexity index is 504. The number of esters is 1. The van der Waals surface area contributed by atoms with Gasteiger partial charge < -0.3 is 10.5 Å². The zero-order valence-electron chi connectivity index (χ0n) is 13.7. The molecule has 0 radical (unpaired) electrons. The first-order valence-electron chi connectivity index (χ1n) is 7.67. The number of carbonyl (C=O) groups excluding carboxylic acids is 1. The van der Waals surface area contributed by atoms with Gasteiger partial charge in [-0.25, -0.2) is 0 Å². The lowest BCUT2D eigenvalue weighted by Crippen LogP contribution is -2.42. The highest BCUT2D eigenvalue weighted by Crippen LogP contribution is 2.18. The number of piperidine rings is 1. The molecule has 0 aliphatic carbocycles. The van der Waals surface area contributed by atoms with Gasteiger partial charge in [0, 0.05) is 30.4 Å². The van der Waals surface area contributed by atoms with Gasteiger partial charge in [0.1, 0.15) is 6.54 Å². The van der Waals surface area contributed by atoms with E-state index < -0.39 is 0 Å². The van der Waals surface area contributed by atoms with Crippen LogP contribution < -0.4 is 5.73 Å². The van der Waals surface area contributed by atoms with Crippen LogP contribution in [0.1, 0.15) is 36.7 Å². The number of nitrogens with two attached hydrogens (primary N) is 1. The molecular weight excluding hydrogens is 304 g/mol. The Labute approximate surface area is 138 Å². The van der Waals surface area contributed by atoms with Crippen molar-refractivity contribution in [3.05, 3.63) is 17.0 Å². The summed E-state index contributed by atoms with van der Waals surface area (Å²) in [5, 5.41) is 4.47. The molecule has 0 saturated carbocycles. The highest BCUT2D eigenvalue weighted by molar-refractivity contribution is 5.85. The van der Waals surface area contributed by atoms with Crippen LogP contribution >= 0.6 is 12.4 Å². The molecule has 1 aromatic heterocycles. The van der Waals surface area contributed by atoms with E-state index in [1.54, 1.807) is 4.68 Å². The second-order valence-corrected chi connectivity index (χ2v) is 5.75. The Kier molecular flexibility index (Phi) is 7.32. The average Bonchev–Trinajstić information content (AvgIpc) is 2.67. The quantitative estimate of drug-likeness (QED) is 0.826. The molecule has 1 atom stereocenters. The number of hydrogen-bond acceptors (Lipinski definition) is 5. The summed E-state index contributed by atoms with van der Waals surface area (Å²) < 4.78 is 6.73. The standard InChI is InChI=1S/C15H26N4O2.ClH/c1-4-21-15(20)10-19-12(3)14(11(2)17-19)9-18-7-5-6-13(16)8-18;/h13H,4-10,16H2,1-3H3;1H/t13-;/m1./s1. The third kappa shape index (κ3) is 4.69. The van der Waals surface area contributed by atoms with E-state index in [-0.39, 0.29) is 31.0 Å². The molecule has 2 N–H and O–H groups in total. The van der Waals surface area contributed by atoms with E-state index >= 15 is 0 Å². The van der Waals surface area contributed by atoms with E-state index in [9.17, 15) is 4.79 Å². The third-order valence-corrected chi connectivity index (χ3v) is 4.04. The first kappa shape index (κ1) is 18.9. The van der Waals surface area contributed by atoms with Gasteiger partial charge >= 0.3 is 5.97 Å². The highest BCUT2D eigenvalue weighted by atomic mass is 35.5. The van der Waals surface area contributed by atoms with Crippen molar-refractivity contribution in [2.45, 2.75) is 52.7 Å². The van der Waals surface area contributed by atoms with Crippen molar-refractivity contribution in [2.24, 2.45) is 5.73 Å². The first-order valence-corrected chi connectivity index (χ1v) is 7.67. The Hall–Kier alpha value is -1.11. The first-order chi connectivity index (χ1) is 10.0. The van der Waals surface area contributed by atoms with Crippen molar-refractivity contribution >= 4 is 18.4 Å². The van der Waals surface area contributed by atoms with Crippen LogP contribution in [0, 0.1) is 13.8 Å². The number of halogens is 1. The summed E-state index contributed by atoms with van der Waals surface area (Å²) in [6, 6.07) is 0.272. The van der Waals surface area contributed by atoms with Crippen LogP contribution in [-0.2, 0) is 22.6 Å². The van der Waals surface area contributed by atoms with E-state index in [0.717, 1.165) is 43.9 Å². The molecule has 1 aliphatic rings. The van der Waals surface area contributed by atoms with Gasteiger partial charge in [-0.3, -0.25) is 14.4 Å². The van der Waals surface area contributed by atoms with Gasteiger partial charge in [0.15, 0.2) is 0 Å². The van der Waals surface area contributed by atoms with Crippen LogP contribution in [0.15, 0.2) is 0 Å². The number of aryl methyl sites for hydroxylation is 1. The molecule has 6 nitrogen and oxygen atoms in total. The SMILES string of the molecule is CCOC(=O)Cn1nc(C)c(CN2CCC[C@@H](N)C2)c1C.Cl. The van der Waals surface area contributed by atoms with Crippen molar-refractivity contribution in [2.75, 3.05) is 19.7 Å². The molecule has 0 aromatic carbocycles. The molecule has 0 spiro atoms. The van der Waals surface area contributed by atoms with Gasteiger partial charge in [0.2, 0.25) is 0 Å². The van der Waals surface area contributed by atoms with E-state index in [1.165, 1.54) is 5.56 Å². The monoisotopic (exact) mass is 330 g/mol. The molecule has 0 unspecified atom stereocenters. The van der Waals surface area contributed by atoms with Gasteiger partial charge in [-0.2, -0.15) is 5.10 Å². The van der Waals surface area contributed by atoms with E-state index in [0.29, 0.717) is 6.61 Å². The number of rotatable bonds is 5. The summed E-state index contributed by atoms with van der Waals surface area (Å²) in [7, 11) is 0. The Morgan fingerprint density at radius 1 is 1.45 bits per heavy atom. The molecule has 0 bridgehead atoms.